The highest BCUT2D eigenvalue weighted by atomic mass is 16.2. The van der Waals surface area contributed by atoms with Crippen molar-refractivity contribution in [3.63, 3.8) is 0 Å². The largest absolute Gasteiger partial charge is 0.334 e. The molecule has 122 valence electrons. The molecule has 3 rings (SSSR count). The maximum Gasteiger partial charge on any atom is 0.317 e. The number of aromatic nitrogens is 2. The molecule has 6 nitrogen and oxygen atoms in total. The first-order valence-corrected chi connectivity index (χ1v) is 8.35. The van der Waals surface area contributed by atoms with E-state index in [0.717, 1.165) is 30.0 Å². The number of H-pyrrole nitrogens is 1. The minimum atomic E-state index is 0.0425. The monoisotopic (exact) mass is 305 g/mol. The molecule has 1 aromatic rings. The van der Waals surface area contributed by atoms with Crippen LogP contribution in [0.3, 0.4) is 0 Å². The van der Waals surface area contributed by atoms with E-state index in [1.165, 1.54) is 25.8 Å². The van der Waals surface area contributed by atoms with Gasteiger partial charge in [0.05, 0.1) is 5.69 Å². The van der Waals surface area contributed by atoms with Crippen LogP contribution in [-0.4, -0.2) is 57.7 Å². The lowest BCUT2D eigenvalue weighted by Crippen LogP contribution is -2.64. The van der Waals surface area contributed by atoms with Gasteiger partial charge in [-0.25, -0.2) is 4.79 Å². The highest BCUT2D eigenvalue weighted by molar-refractivity contribution is 5.75. The average Bonchev–Trinajstić information content (AvgIpc) is 2.76. The minimum Gasteiger partial charge on any atom is -0.334 e. The maximum absolute atomic E-state index is 12.2. The van der Waals surface area contributed by atoms with Crippen molar-refractivity contribution in [2.24, 2.45) is 0 Å². The van der Waals surface area contributed by atoms with Crippen molar-refractivity contribution in [1.29, 1.82) is 0 Å². The summed E-state index contributed by atoms with van der Waals surface area (Å²) in [7, 11) is 0. The number of aromatic amines is 1. The Morgan fingerprint density at radius 2 is 2.14 bits per heavy atom. The van der Waals surface area contributed by atoms with Crippen LogP contribution < -0.4 is 5.32 Å². The summed E-state index contributed by atoms with van der Waals surface area (Å²) in [6.45, 7) is 9.72. The second-order valence-corrected chi connectivity index (χ2v) is 6.71. The molecule has 6 heteroatoms. The molecule has 22 heavy (non-hydrogen) atoms. The molecule has 2 aliphatic rings. The zero-order valence-electron chi connectivity index (χ0n) is 13.9. The van der Waals surface area contributed by atoms with Crippen LogP contribution in [0, 0.1) is 13.8 Å². The van der Waals surface area contributed by atoms with Crippen molar-refractivity contribution in [3.8, 4) is 0 Å². The van der Waals surface area contributed by atoms with Crippen LogP contribution in [0.4, 0.5) is 4.79 Å². The van der Waals surface area contributed by atoms with E-state index in [2.05, 4.69) is 27.3 Å². The molecule has 0 aliphatic carbocycles. The molecule has 0 saturated carbocycles. The fourth-order valence-electron chi connectivity index (χ4n) is 3.60. The molecule has 1 aromatic heterocycles. The van der Waals surface area contributed by atoms with Gasteiger partial charge in [-0.15, -0.1) is 0 Å². The lowest BCUT2D eigenvalue weighted by molar-refractivity contribution is 0.0169. The Morgan fingerprint density at radius 3 is 2.77 bits per heavy atom. The van der Waals surface area contributed by atoms with Crippen molar-refractivity contribution in [2.45, 2.75) is 58.7 Å². The second kappa shape index (κ2) is 6.28. The predicted molar refractivity (Wildman–Crippen MR) is 85.7 cm³/mol. The summed E-state index contributed by atoms with van der Waals surface area (Å²) in [5.41, 5.74) is 3.08. The van der Waals surface area contributed by atoms with Crippen LogP contribution in [0.15, 0.2) is 0 Å². The lowest BCUT2D eigenvalue weighted by atomic mass is 9.98. The minimum absolute atomic E-state index is 0.0425. The molecular weight excluding hydrogens is 278 g/mol. The van der Waals surface area contributed by atoms with Crippen molar-refractivity contribution in [1.82, 2.24) is 25.3 Å². The summed E-state index contributed by atoms with van der Waals surface area (Å²) < 4.78 is 0. The van der Waals surface area contributed by atoms with Crippen molar-refractivity contribution >= 4 is 6.03 Å². The highest BCUT2D eigenvalue weighted by Crippen LogP contribution is 2.24. The van der Waals surface area contributed by atoms with Gasteiger partial charge >= 0.3 is 6.03 Å². The zero-order chi connectivity index (χ0) is 15.7. The summed E-state index contributed by atoms with van der Waals surface area (Å²) in [6.07, 6.45) is 3.94. The molecule has 0 unspecified atom stereocenters. The first-order valence-electron chi connectivity index (χ1n) is 8.35. The van der Waals surface area contributed by atoms with Crippen molar-refractivity contribution in [2.75, 3.05) is 19.6 Å². The molecule has 0 aromatic carbocycles. The molecule has 1 atom stereocenters. The molecule has 0 bridgehead atoms. The quantitative estimate of drug-likeness (QED) is 0.895. The van der Waals surface area contributed by atoms with Crippen molar-refractivity contribution in [3.05, 3.63) is 17.0 Å². The Morgan fingerprint density at radius 1 is 1.36 bits per heavy atom. The van der Waals surface area contributed by atoms with Crippen LogP contribution in [0.1, 0.15) is 43.1 Å². The number of rotatable bonds is 3. The second-order valence-electron chi connectivity index (χ2n) is 6.71. The van der Waals surface area contributed by atoms with Gasteiger partial charge in [-0.05, 0) is 40.2 Å². The van der Waals surface area contributed by atoms with E-state index in [4.69, 9.17) is 0 Å². The number of aryl methyl sites for hydroxylation is 2. The number of hydrogen-bond donors (Lipinski definition) is 2. The molecule has 2 aliphatic heterocycles. The van der Waals surface area contributed by atoms with Crippen molar-refractivity contribution < 1.29 is 4.79 Å². The molecule has 2 saturated heterocycles. The third-order valence-electron chi connectivity index (χ3n) is 5.17. The van der Waals surface area contributed by atoms with Gasteiger partial charge < -0.3 is 10.2 Å². The van der Waals surface area contributed by atoms with E-state index >= 15 is 0 Å². The Hall–Kier alpha value is -1.56. The maximum atomic E-state index is 12.2. The van der Waals surface area contributed by atoms with E-state index in [9.17, 15) is 4.79 Å². The van der Waals surface area contributed by atoms with Crippen LogP contribution in [0.2, 0.25) is 0 Å². The summed E-state index contributed by atoms with van der Waals surface area (Å²) >= 11 is 0. The fourth-order valence-corrected chi connectivity index (χ4v) is 3.60. The topological polar surface area (TPSA) is 64.3 Å². The third-order valence-corrected chi connectivity index (χ3v) is 5.17. The zero-order valence-corrected chi connectivity index (χ0v) is 13.9. The van der Waals surface area contributed by atoms with Gasteiger partial charge in [-0.3, -0.25) is 10.00 Å². The Balaban J connectivity index is 1.45. The van der Waals surface area contributed by atoms with E-state index < -0.39 is 0 Å². The number of nitrogens with zero attached hydrogens (tertiary/aromatic N) is 3. The Kier molecular flexibility index (Phi) is 4.38. The number of urea groups is 1. The highest BCUT2D eigenvalue weighted by Gasteiger charge is 2.37. The average molecular weight is 305 g/mol. The van der Waals surface area contributed by atoms with E-state index in [1.807, 2.05) is 18.7 Å². The Labute approximate surface area is 132 Å². The van der Waals surface area contributed by atoms with Gasteiger partial charge in [0.15, 0.2) is 0 Å². The number of hydrogen-bond acceptors (Lipinski definition) is 3. The molecule has 2 fully saturated rings. The first-order chi connectivity index (χ1) is 10.6. The summed E-state index contributed by atoms with van der Waals surface area (Å²) in [4.78, 5) is 16.7. The van der Waals surface area contributed by atoms with Gasteiger partial charge in [-0.1, -0.05) is 6.42 Å². The van der Waals surface area contributed by atoms with Crippen LogP contribution >= 0.6 is 0 Å². The van der Waals surface area contributed by atoms with E-state index in [1.54, 1.807) is 0 Å². The summed E-state index contributed by atoms with van der Waals surface area (Å²) in [5.74, 6) is 0. The number of likely N-dealkylation sites (tertiary alicyclic amines) is 2. The van der Waals surface area contributed by atoms with Gasteiger partial charge in [0.1, 0.15) is 0 Å². The normalized spacial score (nSPS) is 23.4. The molecule has 3 heterocycles. The van der Waals surface area contributed by atoms with Crippen LogP contribution in [0.25, 0.3) is 0 Å². The number of carbonyl (C=O) groups excluding carboxylic acids is 1. The standard InChI is InChI=1S/C16H27N5O/c1-11-6-4-5-7-21(11)14-9-20(10-14)16(22)17-8-15-12(2)18-19-13(15)3/h11,14H,4-10H2,1-3H3,(H,17,22)(H,18,19)/t11-/m1/s1. The van der Waals surface area contributed by atoms with Gasteiger partial charge in [0.25, 0.3) is 0 Å². The van der Waals surface area contributed by atoms with Crippen LogP contribution in [-0.2, 0) is 6.54 Å². The molecule has 0 radical (unpaired) electrons. The van der Waals surface area contributed by atoms with Gasteiger partial charge in [-0.2, -0.15) is 5.10 Å². The molecule has 2 amide bonds. The smallest absolute Gasteiger partial charge is 0.317 e. The lowest BCUT2D eigenvalue weighted by Gasteiger charge is -2.49. The van der Waals surface area contributed by atoms with Gasteiger partial charge in [0, 0.05) is 43.0 Å². The molecule has 2 N–H and O–H groups in total. The van der Waals surface area contributed by atoms with Gasteiger partial charge in [0.2, 0.25) is 0 Å². The summed E-state index contributed by atoms with van der Waals surface area (Å²) in [5, 5.41) is 10.1. The SMILES string of the molecule is Cc1n[nH]c(C)c1CNC(=O)N1CC(N2CCCC[C@H]2C)C1. The summed E-state index contributed by atoms with van der Waals surface area (Å²) in [6, 6.07) is 1.26. The van der Waals surface area contributed by atoms with E-state index in [0.29, 0.717) is 18.6 Å². The van der Waals surface area contributed by atoms with Crippen LogP contribution in [0.5, 0.6) is 0 Å². The molecular formula is C16H27N5O. The van der Waals surface area contributed by atoms with E-state index in [-0.39, 0.29) is 6.03 Å². The fraction of sp³-hybridized carbons (Fsp3) is 0.750. The predicted octanol–water partition coefficient (Wildman–Crippen LogP) is 1.79. The number of amides is 2. The third kappa shape index (κ3) is 2.97. The number of nitrogens with one attached hydrogen (secondary N) is 2. The Bertz CT molecular complexity index is 515. The number of piperidine rings is 1. The first kappa shape index (κ1) is 15.3. The molecule has 0 spiro atoms. The number of carbonyl (C=O) groups is 1.